The molecule has 10 heteroatoms. The summed E-state index contributed by atoms with van der Waals surface area (Å²) in [6.45, 7) is 12.5. The molecule has 1 aromatic carbocycles. The van der Waals surface area contributed by atoms with Gasteiger partial charge in [0.15, 0.2) is 0 Å². The molecule has 0 spiro atoms. The number of amides is 2. The quantitative estimate of drug-likeness (QED) is 0.403. The number of alkyl carbamates (subject to hydrolysis) is 1. The van der Waals surface area contributed by atoms with Crippen molar-refractivity contribution in [2.45, 2.75) is 72.1 Å². The highest BCUT2D eigenvalue weighted by Crippen LogP contribution is 2.33. The van der Waals surface area contributed by atoms with Gasteiger partial charge in [-0.2, -0.15) is 0 Å². The normalized spacial score (nSPS) is 18.7. The largest absolute Gasteiger partial charge is 0.446 e. The molecule has 4 rings (SSSR count). The van der Waals surface area contributed by atoms with Crippen LogP contribution in [0.5, 0.6) is 0 Å². The lowest BCUT2D eigenvalue weighted by Gasteiger charge is -2.38. The Hall–Kier alpha value is -3.81. The number of benzene rings is 1. The number of carbonyl (C=O) groups is 2. The summed E-state index contributed by atoms with van der Waals surface area (Å²) in [6, 6.07) is 6.10. The maximum Gasteiger partial charge on any atom is 0.407 e. The second-order valence-electron chi connectivity index (χ2n) is 11.4. The fraction of sp³-hybridized carbons (Fsp3) is 0.545. The molecule has 1 saturated heterocycles. The summed E-state index contributed by atoms with van der Waals surface area (Å²) in [6.07, 6.45) is 2.82. The van der Waals surface area contributed by atoms with Gasteiger partial charge in [-0.15, -0.1) is 0 Å². The number of nitrogens with one attached hydrogen (secondary N) is 3. The fourth-order valence-electron chi connectivity index (χ4n) is 5.99. The van der Waals surface area contributed by atoms with E-state index in [1.807, 2.05) is 32.9 Å². The molecule has 1 aliphatic carbocycles. The maximum absolute atomic E-state index is 13.6. The monoisotopic (exact) mass is 591 g/mol. The zero-order valence-corrected chi connectivity index (χ0v) is 26.1. The second-order valence-corrected chi connectivity index (χ2v) is 11.4. The van der Waals surface area contributed by atoms with E-state index in [2.05, 4.69) is 50.2 Å². The molecule has 43 heavy (non-hydrogen) atoms. The van der Waals surface area contributed by atoms with Crippen molar-refractivity contribution >= 4 is 17.7 Å². The van der Waals surface area contributed by atoms with Crippen LogP contribution in [-0.4, -0.2) is 80.5 Å². The molecule has 2 heterocycles. The number of morpholine rings is 1. The number of hydrogen-bond acceptors (Lipinski definition) is 7. The van der Waals surface area contributed by atoms with Crippen LogP contribution < -0.4 is 21.1 Å². The van der Waals surface area contributed by atoms with Gasteiger partial charge < -0.3 is 30.0 Å². The number of nitrogens with zero attached hydrogens (tertiary/aromatic N) is 2. The first-order chi connectivity index (χ1) is 20.7. The first kappa shape index (κ1) is 32.1. The standard InChI is InChI=1S/C33H45N5O5/c1-6-38(26-9-11-27(12-10-26)43-33(41)34-5)30-20-25(8-7-13-37-14-16-42-17-15-37)19-28(24(30)4)31(39)35-21-29-22(2)18-23(3)36-32(29)40/h18-20,26-27H,6,9-17,21H2,1-5H3,(H,34,41)(H,35,39)(H,36,40)/t26-,27-. The molecule has 2 aromatic rings. The van der Waals surface area contributed by atoms with Gasteiger partial charge in [0.2, 0.25) is 0 Å². The van der Waals surface area contributed by atoms with Crippen LogP contribution in [0.2, 0.25) is 0 Å². The number of rotatable bonds is 8. The van der Waals surface area contributed by atoms with E-state index in [0.29, 0.717) is 30.9 Å². The van der Waals surface area contributed by atoms with E-state index in [1.54, 1.807) is 7.05 Å². The molecular weight excluding hydrogens is 546 g/mol. The van der Waals surface area contributed by atoms with E-state index in [0.717, 1.165) is 73.4 Å². The molecule has 1 aliphatic heterocycles. The molecule has 0 radical (unpaired) electrons. The van der Waals surface area contributed by atoms with Crippen molar-refractivity contribution in [1.29, 1.82) is 0 Å². The van der Waals surface area contributed by atoms with Crippen LogP contribution in [0.1, 0.15) is 70.9 Å². The highest BCUT2D eigenvalue weighted by Gasteiger charge is 2.29. The van der Waals surface area contributed by atoms with Crippen molar-refractivity contribution in [2.75, 3.05) is 51.3 Å². The van der Waals surface area contributed by atoms with Crippen LogP contribution in [-0.2, 0) is 16.0 Å². The van der Waals surface area contributed by atoms with Gasteiger partial charge in [-0.3, -0.25) is 14.5 Å². The molecule has 1 aromatic heterocycles. The summed E-state index contributed by atoms with van der Waals surface area (Å²) in [7, 11) is 1.57. The van der Waals surface area contributed by atoms with Gasteiger partial charge in [0.1, 0.15) is 6.10 Å². The van der Waals surface area contributed by atoms with Crippen LogP contribution in [0, 0.1) is 32.6 Å². The lowest BCUT2D eigenvalue weighted by Crippen LogP contribution is -2.41. The number of ether oxygens (including phenoxy) is 2. The van der Waals surface area contributed by atoms with Crippen LogP contribution >= 0.6 is 0 Å². The first-order valence-electron chi connectivity index (χ1n) is 15.3. The van der Waals surface area contributed by atoms with E-state index in [-0.39, 0.29) is 30.2 Å². The van der Waals surface area contributed by atoms with Gasteiger partial charge in [-0.05, 0) is 82.7 Å². The second kappa shape index (κ2) is 15.1. The lowest BCUT2D eigenvalue weighted by molar-refractivity contribution is 0.0443. The lowest BCUT2D eigenvalue weighted by atomic mass is 9.90. The summed E-state index contributed by atoms with van der Waals surface area (Å²) in [4.78, 5) is 45.4. The van der Waals surface area contributed by atoms with Crippen LogP contribution in [0.4, 0.5) is 10.5 Å². The van der Waals surface area contributed by atoms with Gasteiger partial charge in [-0.1, -0.05) is 11.8 Å². The van der Waals surface area contributed by atoms with Crippen molar-refractivity contribution in [3.05, 3.63) is 62.1 Å². The zero-order valence-electron chi connectivity index (χ0n) is 26.1. The third-order valence-electron chi connectivity index (χ3n) is 8.40. The highest BCUT2D eigenvalue weighted by atomic mass is 16.6. The molecule has 0 unspecified atom stereocenters. The highest BCUT2D eigenvalue weighted by molar-refractivity contribution is 5.97. The van der Waals surface area contributed by atoms with Gasteiger partial charge >= 0.3 is 6.09 Å². The minimum atomic E-state index is -0.395. The van der Waals surface area contributed by atoms with Crippen molar-refractivity contribution in [3.8, 4) is 11.8 Å². The topological polar surface area (TPSA) is 116 Å². The minimum absolute atomic E-state index is 0.0943. The van der Waals surface area contributed by atoms with Crippen LogP contribution in [0.25, 0.3) is 0 Å². The number of H-pyrrole nitrogens is 1. The first-order valence-corrected chi connectivity index (χ1v) is 15.3. The Kier molecular flexibility index (Phi) is 11.3. The van der Waals surface area contributed by atoms with Gasteiger partial charge in [0.25, 0.3) is 11.5 Å². The van der Waals surface area contributed by atoms with E-state index in [4.69, 9.17) is 9.47 Å². The molecule has 10 nitrogen and oxygen atoms in total. The SMILES string of the molecule is CCN(c1cc(C#CCN2CCOCC2)cc(C(=O)NCc2c(C)cc(C)[nH]c2=O)c1C)[C@H]1CC[C@H](OC(=O)NC)CC1. The number of aromatic amines is 1. The van der Waals surface area contributed by atoms with Crippen molar-refractivity contribution < 1.29 is 19.1 Å². The molecule has 2 amide bonds. The van der Waals surface area contributed by atoms with Gasteiger partial charge in [-0.25, -0.2) is 4.79 Å². The van der Waals surface area contributed by atoms with Crippen LogP contribution in [0.3, 0.4) is 0 Å². The number of aromatic nitrogens is 1. The summed E-state index contributed by atoms with van der Waals surface area (Å²) in [5, 5.41) is 5.51. The Morgan fingerprint density at radius 3 is 2.49 bits per heavy atom. The fourth-order valence-corrected chi connectivity index (χ4v) is 5.99. The average Bonchev–Trinajstić information content (AvgIpc) is 2.99. The molecule has 1 saturated carbocycles. The van der Waals surface area contributed by atoms with Crippen LogP contribution in [0.15, 0.2) is 23.0 Å². The maximum atomic E-state index is 13.6. The Morgan fingerprint density at radius 1 is 1.12 bits per heavy atom. The van der Waals surface area contributed by atoms with E-state index in [9.17, 15) is 14.4 Å². The minimum Gasteiger partial charge on any atom is -0.446 e. The number of aryl methyl sites for hydroxylation is 2. The molecule has 3 N–H and O–H groups in total. The molecule has 2 fully saturated rings. The van der Waals surface area contributed by atoms with E-state index < -0.39 is 6.09 Å². The third kappa shape index (κ3) is 8.39. The number of carbonyl (C=O) groups excluding carboxylic acids is 2. The summed E-state index contributed by atoms with van der Waals surface area (Å²) < 4.78 is 11.0. The molecule has 232 valence electrons. The van der Waals surface area contributed by atoms with Gasteiger partial charge in [0, 0.05) is 67.3 Å². The van der Waals surface area contributed by atoms with Crippen molar-refractivity contribution in [1.82, 2.24) is 20.5 Å². The number of pyridine rings is 1. The Morgan fingerprint density at radius 2 is 1.84 bits per heavy atom. The summed E-state index contributed by atoms with van der Waals surface area (Å²) in [5.41, 5.74) is 5.16. The van der Waals surface area contributed by atoms with E-state index in [1.165, 1.54) is 0 Å². The summed E-state index contributed by atoms with van der Waals surface area (Å²) in [5.74, 6) is 6.37. The van der Waals surface area contributed by atoms with Crippen molar-refractivity contribution in [2.24, 2.45) is 0 Å². The average molecular weight is 592 g/mol. The van der Waals surface area contributed by atoms with Gasteiger partial charge in [0.05, 0.1) is 19.8 Å². The molecule has 0 bridgehead atoms. The third-order valence-corrected chi connectivity index (χ3v) is 8.40. The predicted octanol–water partition coefficient (Wildman–Crippen LogP) is 3.41. The zero-order chi connectivity index (χ0) is 30.9. The Balaban J connectivity index is 1.60. The number of anilines is 1. The van der Waals surface area contributed by atoms with E-state index >= 15 is 0 Å². The molecule has 2 aliphatic rings. The molecular formula is C33H45N5O5. The smallest absolute Gasteiger partial charge is 0.407 e. The predicted molar refractivity (Wildman–Crippen MR) is 168 cm³/mol. The van der Waals surface area contributed by atoms with Crippen molar-refractivity contribution in [3.63, 3.8) is 0 Å². The Bertz CT molecular complexity index is 1410. The Labute approximate surface area is 254 Å². The summed E-state index contributed by atoms with van der Waals surface area (Å²) >= 11 is 0. The molecule has 0 atom stereocenters. The number of hydrogen-bond donors (Lipinski definition) is 3.